The van der Waals surface area contributed by atoms with Crippen molar-refractivity contribution < 1.29 is 9.21 Å². The molecular formula is C11H8O3. The topological polar surface area (TPSA) is 47.3 Å². The van der Waals surface area contributed by atoms with Crippen molar-refractivity contribution in [3.8, 4) is 0 Å². The molecule has 0 aliphatic heterocycles. The summed E-state index contributed by atoms with van der Waals surface area (Å²) in [7, 11) is 0. The van der Waals surface area contributed by atoms with Crippen LogP contribution in [0.15, 0.2) is 39.5 Å². The fourth-order valence-electron chi connectivity index (χ4n) is 1.44. The predicted octanol–water partition coefficient (Wildman–Crippen LogP) is 1.53. The predicted molar refractivity (Wildman–Crippen MR) is 52.3 cm³/mol. The zero-order valence-corrected chi connectivity index (χ0v) is 7.40. The molecule has 0 amide bonds. The van der Waals surface area contributed by atoms with Crippen LogP contribution in [-0.4, -0.2) is 6.29 Å². The Labute approximate surface area is 80.0 Å². The summed E-state index contributed by atoms with van der Waals surface area (Å²) in [6, 6.07) is 8.53. The molecular weight excluding hydrogens is 180 g/mol. The Hall–Kier alpha value is -1.90. The lowest BCUT2D eigenvalue weighted by atomic mass is 10.1. The highest BCUT2D eigenvalue weighted by Gasteiger charge is 2.03. The van der Waals surface area contributed by atoms with E-state index in [2.05, 4.69) is 0 Å². The molecule has 2 aromatic rings. The van der Waals surface area contributed by atoms with Crippen LogP contribution in [0.4, 0.5) is 0 Å². The highest BCUT2D eigenvalue weighted by molar-refractivity contribution is 5.82. The number of hydrogen-bond donors (Lipinski definition) is 0. The van der Waals surface area contributed by atoms with Crippen molar-refractivity contribution in [2.75, 3.05) is 0 Å². The van der Waals surface area contributed by atoms with Crippen LogP contribution < -0.4 is 5.63 Å². The third-order valence-electron chi connectivity index (χ3n) is 2.04. The molecule has 0 unspecified atom stereocenters. The minimum absolute atomic E-state index is 0.242. The highest BCUT2D eigenvalue weighted by atomic mass is 16.4. The summed E-state index contributed by atoms with van der Waals surface area (Å²) in [5.74, 6) is 0. The van der Waals surface area contributed by atoms with E-state index in [9.17, 15) is 9.59 Å². The van der Waals surface area contributed by atoms with E-state index in [0.29, 0.717) is 11.1 Å². The molecule has 3 heteroatoms. The maximum atomic E-state index is 11.1. The lowest BCUT2D eigenvalue weighted by Crippen LogP contribution is -2.00. The van der Waals surface area contributed by atoms with E-state index in [1.165, 1.54) is 6.07 Å². The minimum atomic E-state index is -0.416. The van der Waals surface area contributed by atoms with Gasteiger partial charge in [0.2, 0.25) is 0 Å². The number of para-hydroxylation sites is 1. The fraction of sp³-hybridized carbons (Fsp3) is 0.0909. The molecule has 0 N–H and O–H groups in total. The largest absolute Gasteiger partial charge is 0.423 e. The first-order valence-corrected chi connectivity index (χ1v) is 4.26. The lowest BCUT2D eigenvalue weighted by Gasteiger charge is -2.00. The number of carbonyl (C=O) groups is 1. The van der Waals surface area contributed by atoms with Gasteiger partial charge in [-0.1, -0.05) is 18.2 Å². The van der Waals surface area contributed by atoms with Gasteiger partial charge in [-0.15, -0.1) is 0 Å². The van der Waals surface area contributed by atoms with Crippen molar-refractivity contribution >= 4 is 17.3 Å². The third kappa shape index (κ3) is 1.44. The normalized spacial score (nSPS) is 10.3. The first-order valence-electron chi connectivity index (χ1n) is 4.26. The van der Waals surface area contributed by atoms with Gasteiger partial charge in [-0.2, -0.15) is 0 Å². The van der Waals surface area contributed by atoms with Gasteiger partial charge >= 0.3 is 5.63 Å². The average molecular weight is 188 g/mol. The van der Waals surface area contributed by atoms with Gasteiger partial charge in [0.1, 0.15) is 11.9 Å². The molecule has 14 heavy (non-hydrogen) atoms. The molecule has 1 aromatic heterocycles. The summed E-state index contributed by atoms with van der Waals surface area (Å²) in [6.45, 7) is 0. The maximum absolute atomic E-state index is 11.1. The van der Waals surface area contributed by atoms with Crippen molar-refractivity contribution in [1.82, 2.24) is 0 Å². The molecule has 0 radical (unpaired) electrons. The summed E-state index contributed by atoms with van der Waals surface area (Å²) in [6.07, 6.45) is 1.02. The first-order chi connectivity index (χ1) is 6.81. The molecule has 0 fully saturated rings. The number of rotatable bonds is 2. The van der Waals surface area contributed by atoms with Gasteiger partial charge in [0, 0.05) is 17.9 Å². The standard InChI is InChI=1S/C11H8O3/c12-6-5-8-7-11(13)14-10-4-2-1-3-9(8)10/h1-4,6-7H,5H2. The smallest absolute Gasteiger partial charge is 0.336 e. The van der Waals surface area contributed by atoms with Crippen molar-refractivity contribution in [2.45, 2.75) is 6.42 Å². The van der Waals surface area contributed by atoms with Gasteiger partial charge in [0.15, 0.2) is 0 Å². The quantitative estimate of drug-likeness (QED) is 0.530. The van der Waals surface area contributed by atoms with E-state index in [-0.39, 0.29) is 6.42 Å². The Kier molecular flexibility index (Phi) is 2.14. The Morgan fingerprint density at radius 3 is 2.86 bits per heavy atom. The summed E-state index contributed by atoms with van der Waals surface area (Å²) >= 11 is 0. The van der Waals surface area contributed by atoms with Crippen molar-refractivity contribution in [3.63, 3.8) is 0 Å². The molecule has 0 atom stereocenters. The number of benzene rings is 1. The SMILES string of the molecule is O=CCc1cc(=O)oc2ccccc12. The first kappa shape index (κ1) is 8.69. The van der Waals surface area contributed by atoms with E-state index in [1.54, 1.807) is 12.1 Å². The summed E-state index contributed by atoms with van der Waals surface area (Å²) in [4.78, 5) is 21.5. The van der Waals surface area contributed by atoms with Gasteiger partial charge in [-0.25, -0.2) is 4.79 Å². The molecule has 1 aromatic carbocycles. The van der Waals surface area contributed by atoms with Crippen LogP contribution in [-0.2, 0) is 11.2 Å². The number of hydrogen-bond acceptors (Lipinski definition) is 3. The van der Waals surface area contributed by atoms with Crippen molar-refractivity contribution in [1.29, 1.82) is 0 Å². The summed E-state index contributed by atoms with van der Waals surface area (Å²) in [5.41, 5.74) is 0.823. The van der Waals surface area contributed by atoms with E-state index < -0.39 is 5.63 Å². The summed E-state index contributed by atoms with van der Waals surface area (Å²) < 4.78 is 4.98. The molecule has 0 spiro atoms. The maximum Gasteiger partial charge on any atom is 0.336 e. The fourth-order valence-corrected chi connectivity index (χ4v) is 1.44. The van der Waals surface area contributed by atoms with Crippen molar-refractivity contribution in [2.24, 2.45) is 0 Å². The highest BCUT2D eigenvalue weighted by Crippen LogP contribution is 2.15. The van der Waals surface area contributed by atoms with Crippen LogP contribution >= 0.6 is 0 Å². The van der Waals surface area contributed by atoms with Crippen LogP contribution in [0.1, 0.15) is 5.56 Å². The Morgan fingerprint density at radius 2 is 2.07 bits per heavy atom. The second-order valence-electron chi connectivity index (χ2n) is 2.96. The zero-order chi connectivity index (χ0) is 9.97. The molecule has 1 heterocycles. The molecule has 3 nitrogen and oxygen atoms in total. The van der Waals surface area contributed by atoms with Crippen LogP contribution in [0.2, 0.25) is 0 Å². The van der Waals surface area contributed by atoms with Crippen LogP contribution in [0.3, 0.4) is 0 Å². The molecule has 0 bridgehead atoms. The lowest BCUT2D eigenvalue weighted by molar-refractivity contribution is -0.107. The van der Waals surface area contributed by atoms with Gasteiger partial charge in [0.25, 0.3) is 0 Å². The molecule has 0 saturated carbocycles. The number of carbonyl (C=O) groups excluding carboxylic acids is 1. The molecule has 0 saturated heterocycles. The molecule has 70 valence electrons. The minimum Gasteiger partial charge on any atom is -0.423 e. The number of aldehydes is 1. The van der Waals surface area contributed by atoms with Gasteiger partial charge in [0.05, 0.1) is 0 Å². The Morgan fingerprint density at radius 1 is 1.29 bits per heavy atom. The second kappa shape index (κ2) is 3.46. The van der Waals surface area contributed by atoms with Gasteiger partial charge in [-0.3, -0.25) is 0 Å². The van der Waals surface area contributed by atoms with E-state index in [1.807, 2.05) is 12.1 Å². The average Bonchev–Trinajstić information content (AvgIpc) is 2.18. The third-order valence-corrected chi connectivity index (χ3v) is 2.04. The van der Waals surface area contributed by atoms with Crippen molar-refractivity contribution in [3.05, 3.63) is 46.3 Å². The second-order valence-corrected chi connectivity index (χ2v) is 2.96. The monoisotopic (exact) mass is 188 g/mol. The van der Waals surface area contributed by atoms with E-state index in [4.69, 9.17) is 4.42 Å². The van der Waals surface area contributed by atoms with Gasteiger partial charge < -0.3 is 9.21 Å². The van der Waals surface area contributed by atoms with Crippen LogP contribution in [0, 0.1) is 0 Å². The van der Waals surface area contributed by atoms with E-state index >= 15 is 0 Å². The van der Waals surface area contributed by atoms with Gasteiger partial charge in [-0.05, 0) is 11.6 Å². The molecule has 0 aliphatic carbocycles. The zero-order valence-electron chi connectivity index (χ0n) is 7.40. The Bertz CT molecular complexity index is 525. The molecule has 2 rings (SSSR count). The number of fused-ring (bicyclic) bond motifs is 1. The molecule has 0 aliphatic rings. The summed E-state index contributed by atoms with van der Waals surface area (Å²) in [5, 5.41) is 0.819. The Balaban J connectivity index is 2.79. The van der Waals surface area contributed by atoms with Crippen LogP contribution in [0.25, 0.3) is 11.0 Å². The van der Waals surface area contributed by atoms with E-state index in [0.717, 1.165) is 11.7 Å². The van der Waals surface area contributed by atoms with Crippen LogP contribution in [0.5, 0.6) is 0 Å².